The number of aromatic nitrogens is 2. The van der Waals surface area contributed by atoms with E-state index in [4.69, 9.17) is 66.3 Å². The molecule has 0 spiro atoms. The lowest BCUT2D eigenvalue weighted by Crippen LogP contribution is -2.46. The van der Waals surface area contributed by atoms with Crippen LogP contribution in [-0.2, 0) is 11.4 Å². The van der Waals surface area contributed by atoms with E-state index in [0.717, 1.165) is 68.8 Å². The molecule has 3 atom stereocenters. The van der Waals surface area contributed by atoms with E-state index < -0.39 is 16.1 Å². The number of halogens is 4. The summed E-state index contributed by atoms with van der Waals surface area (Å²) in [7, 11) is 1.60. The van der Waals surface area contributed by atoms with Crippen LogP contribution in [0.2, 0.25) is 20.1 Å². The number of aromatic hydroxyl groups is 1. The van der Waals surface area contributed by atoms with Gasteiger partial charge in [0, 0.05) is 79.0 Å². The third-order valence-corrected chi connectivity index (χ3v) is 13.5. The molecule has 56 heavy (non-hydrogen) atoms. The zero-order valence-corrected chi connectivity index (χ0v) is 35.7. The maximum atomic E-state index is 13.6. The van der Waals surface area contributed by atoms with Crippen molar-refractivity contribution in [3.63, 3.8) is 0 Å². The van der Waals surface area contributed by atoms with Crippen LogP contribution in [0.1, 0.15) is 69.7 Å². The second-order valence-electron chi connectivity index (χ2n) is 15.1. The van der Waals surface area contributed by atoms with Crippen LogP contribution in [0, 0.1) is 11.8 Å². The minimum Gasteiger partial charge on any atom is -0.598 e. The third kappa shape index (κ3) is 10.3. The summed E-state index contributed by atoms with van der Waals surface area (Å²) in [4.78, 5) is 13.5. The molecule has 0 aliphatic carbocycles. The molecule has 0 saturated carbocycles. The predicted octanol–water partition coefficient (Wildman–Crippen LogP) is 9.15. The predicted molar refractivity (Wildman–Crippen MR) is 226 cm³/mol. The highest BCUT2D eigenvalue weighted by Crippen LogP contribution is 2.42. The molecule has 16 heteroatoms. The molecule has 4 N–H and O–H groups in total. The fourth-order valence-corrected chi connectivity index (χ4v) is 8.74. The van der Waals surface area contributed by atoms with E-state index in [0.29, 0.717) is 43.2 Å². The first-order chi connectivity index (χ1) is 26.7. The highest BCUT2D eigenvalue weighted by Gasteiger charge is 2.37. The quantitative estimate of drug-likeness (QED) is 0.0876. The number of nitrogens with zero attached hydrogens (tertiary/aromatic N) is 4. The Bertz CT molecular complexity index is 1920. The molecule has 1 unspecified atom stereocenters. The van der Waals surface area contributed by atoms with Crippen molar-refractivity contribution in [2.45, 2.75) is 63.3 Å². The lowest BCUT2D eigenvalue weighted by molar-refractivity contribution is 0.113. The van der Waals surface area contributed by atoms with E-state index in [2.05, 4.69) is 24.5 Å². The number of pyridine rings is 2. The van der Waals surface area contributed by atoms with Crippen LogP contribution in [0.15, 0.2) is 60.9 Å². The molecule has 4 aromatic rings. The van der Waals surface area contributed by atoms with Gasteiger partial charge in [0.1, 0.15) is 16.2 Å². The number of nitrogens with two attached hydrogens (primary N) is 1. The number of nitrogens with one attached hydrogen (secondary N) is 1. The molecule has 2 aliphatic rings. The third-order valence-electron chi connectivity index (χ3n) is 10.5. The highest BCUT2D eigenvalue weighted by molar-refractivity contribution is 7.90. The first kappa shape index (κ1) is 42.5. The summed E-state index contributed by atoms with van der Waals surface area (Å²) >= 11 is 24.0. The summed E-state index contributed by atoms with van der Waals surface area (Å²) in [6.07, 6.45) is 6.91. The molecule has 302 valence electrons. The molecular weight excluding hydrogens is 818 g/mol. The number of anilines is 2. The molecular formula is C40H48Cl4N6O5S. The molecule has 4 heterocycles. The average molecular weight is 867 g/mol. The number of hydrogen-bond acceptors (Lipinski definition) is 11. The van der Waals surface area contributed by atoms with Gasteiger partial charge in [0.15, 0.2) is 0 Å². The number of rotatable bonds is 13. The molecule has 0 amide bonds. The van der Waals surface area contributed by atoms with Crippen LogP contribution in [0.4, 0.5) is 11.4 Å². The smallest absolute Gasteiger partial charge is 0.232 e. The van der Waals surface area contributed by atoms with E-state index in [1.54, 1.807) is 31.5 Å². The number of methoxy groups -OCH3 is 1. The SMILES string of the molecule is COc1ccc(N2CCC([C@@H](N[S+]([O-])C(C)(C)C)c3cc(Cl)c(Cl)cc3OCOc3ccc(N4CCC([C@@H](N)c5cc(Cl)c(Cl)cc5O)CC4)cn3)CC2)cn1. The van der Waals surface area contributed by atoms with Crippen molar-refractivity contribution in [1.82, 2.24) is 14.7 Å². The van der Waals surface area contributed by atoms with Crippen molar-refractivity contribution in [1.29, 1.82) is 0 Å². The highest BCUT2D eigenvalue weighted by atomic mass is 35.5. The Hall–Kier alpha value is -3.07. The Balaban J connectivity index is 1.09. The molecule has 2 saturated heterocycles. The number of benzene rings is 2. The lowest BCUT2D eigenvalue weighted by Gasteiger charge is -2.39. The number of ether oxygens (including phenoxy) is 3. The molecule has 2 aliphatic heterocycles. The van der Waals surface area contributed by atoms with Gasteiger partial charge in [-0.25, -0.2) is 9.97 Å². The number of phenolic OH excluding ortho intramolecular Hbond substituents is 1. The Morgan fingerprint density at radius 3 is 1.86 bits per heavy atom. The van der Waals surface area contributed by atoms with Gasteiger partial charge in [0.25, 0.3) is 0 Å². The van der Waals surface area contributed by atoms with E-state index >= 15 is 0 Å². The van der Waals surface area contributed by atoms with Crippen molar-refractivity contribution in [3.8, 4) is 23.3 Å². The summed E-state index contributed by atoms with van der Waals surface area (Å²) in [6, 6.07) is 13.5. The Kier molecular flexibility index (Phi) is 14.2. The molecule has 0 radical (unpaired) electrons. The fourth-order valence-electron chi connectivity index (χ4n) is 7.18. The normalized spacial score (nSPS) is 17.4. The fraction of sp³-hybridized carbons (Fsp3) is 0.450. The number of phenols is 1. The average Bonchev–Trinajstić information content (AvgIpc) is 3.19. The van der Waals surface area contributed by atoms with Gasteiger partial charge in [-0.15, -0.1) is 4.72 Å². The molecule has 0 bridgehead atoms. The summed E-state index contributed by atoms with van der Waals surface area (Å²) < 4.78 is 33.9. The van der Waals surface area contributed by atoms with E-state index in [1.807, 2.05) is 51.2 Å². The maximum absolute atomic E-state index is 13.6. The van der Waals surface area contributed by atoms with Crippen LogP contribution in [-0.4, -0.2) is 64.5 Å². The van der Waals surface area contributed by atoms with Crippen molar-refractivity contribution < 1.29 is 23.9 Å². The molecule has 2 aromatic carbocycles. The van der Waals surface area contributed by atoms with Crippen molar-refractivity contribution >= 4 is 69.1 Å². The van der Waals surface area contributed by atoms with Crippen LogP contribution in [0.5, 0.6) is 23.3 Å². The summed E-state index contributed by atoms with van der Waals surface area (Å²) in [5.74, 6) is 1.79. The van der Waals surface area contributed by atoms with Crippen molar-refractivity contribution in [2.24, 2.45) is 17.6 Å². The summed E-state index contributed by atoms with van der Waals surface area (Å²) in [5, 5.41) is 11.8. The topological polar surface area (TPSA) is 141 Å². The van der Waals surface area contributed by atoms with E-state index in [1.165, 1.54) is 6.07 Å². The second-order valence-corrected chi connectivity index (χ2v) is 18.7. The Morgan fingerprint density at radius 2 is 1.32 bits per heavy atom. The molecule has 6 rings (SSSR count). The van der Waals surface area contributed by atoms with Crippen LogP contribution >= 0.6 is 46.4 Å². The zero-order chi connectivity index (χ0) is 40.1. The first-order valence-corrected chi connectivity index (χ1v) is 21.2. The van der Waals surface area contributed by atoms with Crippen molar-refractivity contribution in [3.05, 3.63) is 92.1 Å². The Labute approximate surface area is 352 Å². The minimum atomic E-state index is -1.38. The van der Waals surface area contributed by atoms with E-state index in [9.17, 15) is 9.66 Å². The van der Waals surface area contributed by atoms with Crippen molar-refractivity contribution in [2.75, 3.05) is 49.9 Å². The maximum Gasteiger partial charge on any atom is 0.232 e. The Morgan fingerprint density at radius 1 is 0.804 bits per heavy atom. The van der Waals surface area contributed by atoms with Gasteiger partial charge in [0.2, 0.25) is 18.6 Å². The van der Waals surface area contributed by atoms with Gasteiger partial charge >= 0.3 is 0 Å². The van der Waals surface area contributed by atoms with Crippen LogP contribution in [0.3, 0.4) is 0 Å². The zero-order valence-electron chi connectivity index (χ0n) is 31.8. The molecule has 11 nitrogen and oxygen atoms in total. The monoisotopic (exact) mass is 864 g/mol. The van der Waals surface area contributed by atoms with Gasteiger partial charge in [-0.2, -0.15) is 0 Å². The first-order valence-electron chi connectivity index (χ1n) is 18.5. The van der Waals surface area contributed by atoms with Gasteiger partial charge in [-0.1, -0.05) is 46.4 Å². The molecule has 2 fully saturated rings. The standard InChI is InChI=1S/C40H48Cl4N6O5S/c1-40(2,3)56(52)48-39(25-11-15-50(16-12-25)26-5-7-36(53-4)46-21-26)29-18-31(42)33(44)20-35(29)54-23-55-37-8-6-27(22-47-37)49-13-9-24(10-14-49)38(45)28-17-30(41)32(43)19-34(28)51/h5-8,17-22,24-25,38-39,48,51H,9-16,23,45H2,1-4H3/t38-,39-,56?/m1/s1. The van der Waals surface area contributed by atoms with Crippen LogP contribution < -0.4 is 34.5 Å². The van der Waals surface area contributed by atoms with Gasteiger partial charge in [0.05, 0.1) is 57.0 Å². The number of piperidine rings is 2. The summed E-state index contributed by atoms with van der Waals surface area (Å²) in [5.41, 5.74) is 9.92. The van der Waals surface area contributed by atoms with E-state index in [-0.39, 0.29) is 36.5 Å². The van der Waals surface area contributed by atoms with Crippen LogP contribution in [0.25, 0.3) is 0 Å². The minimum absolute atomic E-state index is 0.0574. The van der Waals surface area contributed by atoms with Gasteiger partial charge < -0.3 is 39.4 Å². The second kappa shape index (κ2) is 18.7. The lowest BCUT2D eigenvalue weighted by atomic mass is 9.85. The molecule has 2 aromatic heterocycles. The largest absolute Gasteiger partial charge is 0.598 e. The van der Waals surface area contributed by atoms with Gasteiger partial charge in [-0.05, 0) is 82.6 Å². The number of hydrogen-bond donors (Lipinski definition) is 3. The van der Waals surface area contributed by atoms with Gasteiger partial charge in [-0.3, -0.25) is 0 Å². The summed E-state index contributed by atoms with van der Waals surface area (Å²) in [6.45, 7) is 8.81.